The molecule has 6 heteroatoms. The molecule has 0 unspecified atom stereocenters. The van der Waals surface area contributed by atoms with Crippen molar-refractivity contribution >= 4 is 5.82 Å². The fraction of sp³-hybridized carbons (Fsp3) is 0.400. The van der Waals surface area contributed by atoms with Crippen LogP contribution in [0.3, 0.4) is 0 Å². The van der Waals surface area contributed by atoms with Gasteiger partial charge in [-0.15, -0.1) is 0 Å². The van der Waals surface area contributed by atoms with Crippen molar-refractivity contribution in [1.29, 1.82) is 0 Å². The summed E-state index contributed by atoms with van der Waals surface area (Å²) in [7, 11) is 1.83. The molecular formula is C10H14N6. The van der Waals surface area contributed by atoms with Crippen molar-refractivity contribution in [2.24, 2.45) is 0 Å². The van der Waals surface area contributed by atoms with Gasteiger partial charge in [0, 0.05) is 19.0 Å². The molecule has 84 valence electrons. The summed E-state index contributed by atoms with van der Waals surface area (Å²) in [5.74, 6) is 2.57. The van der Waals surface area contributed by atoms with E-state index in [9.17, 15) is 0 Å². The van der Waals surface area contributed by atoms with E-state index in [2.05, 4.69) is 39.2 Å². The molecule has 0 saturated carbocycles. The summed E-state index contributed by atoms with van der Waals surface area (Å²) in [6.07, 6.45) is 3.10. The third-order valence-electron chi connectivity index (χ3n) is 2.16. The van der Waals surface area contributed by atoms with Gasteiger partial charge < -0.3 is 5.32 Å². The van der Waals surface area contributed by atoms with E-state index < -0.39 is 0 Å². The highest BCUT2D eigenvalue weighted by Crippen LogP contribution is 2.15. The Morgan fingerprint density at radius 1 is 1.31 bits per heavy atom. The zero-order valence-electron chi connectivity index (χ0n) is 9.55. The van der Waals surface area contributed by atoms with Gasteiger partial charge in [0.1, 0.15) is 24.3 Å². The molecule has 0 atom stereocenters. The number of rotatable bonds is 3. The monoisotopic (exact) mass is 218 g/mol. The maximum Gasteiger partial charge on any atom is 0.161 e. The molecule has 2 heterocycles. The molecule has 2 aromatic rings. The van der Waals surface area contributed by atoms with Gasteiger partial charge in [0.25, 0.3) is 0 Å². The van der Waals surface area contributed by atoms with Crippen LogP contribution in [0.15, 0.2) is 18.7 Å². The summed E-state index contributed by atoms with van der Waals surface area (Å²) in [4.78, 5) is 12.7. The number of hydrogen-bond acceptors (Lipinski definition) is 5. The van der Waals surface area contributed by atoms with E-state index in [1.165, 1.54) is 6.33 Å². The Labute approximate surface area is 93.8 Å². The maximum absolute atomic E-state index is 4.43. The minimum absolute atomic E-state index is 0.274. The quantitative estimate of drug-likeness (QED) is 0.839. The summed E-state index contributed by atoms with van der Waals surface area (Å²) in [5.41, 5.74) is 0. The molecule has 0 saturated heterocycles. The molecule has 6 nitrogen and oxygen atoms in total. The highest BCUT2D eigenvalue weighted by Gasteiger charge is 2.08. The first-order valence-corrected chi connectivity index (χ1v) is 5.12. The predicted octanol–water partition coefficient (Wildman–Crippen LogP) is 1.22. The highest BCUT2D eigenvalue weighted by molar-refractivity contribution is 5.40. The Hall–Kier alpha value is -1.98. The smallest absolute Gasteiger partial charge is 0.161 e. The van der Waals surface area contributed by atoms with Crippen LogP contribution in [0, 0.1) is 0 Å². The largest absolute Gasteiger partial charge is 0.373 e. The van der Waals surface area contributed by atoms with Crippen LogP contribution in [-0.4, -0.2) is 31.8 Å². The molecule has 1 N–H and O–H groups in total. The molecule has 2 rings (SSSR count). The summed E-state index contributed by atoms with van der Waals surface area (Å²) < 4.78 is 1.62. The molecule has 0 amide bonds. The molecule has 0 fully saturated rings. The van der Waals surface area contributed by atoms with Gasteiger partial charge in [-0.25, -0.2) is 19.6 Å². The lowest BCUT2D eigenvalue weighted by atomic mass is 10.2. The van der Waals surface area contributed by atoms with E-state index in [4.69, 9.17) is 0 Å². The van der Waals surface area contributed by atoms with Crippen LogP contribution in [0.25, 0.3) is 5.82 Å². The summed E-state index contributed by atoms with van der Waals surface area (Å²) in [6, 6.07) is 1.83. The van der Waals surface area contributed by atoms with E-state index in [-0.39, 0.29) is 5.92 Å². The second-order valence-corrected chi connectivity index (χ2v) is 3.71. The first-order valence-electron chi connectivity index (χ1n) is 5.12. The zero-order valence-corrected chi connectivity index (χ0v) is 9.55. The van der Waals surface area contributed by atoms with Gasteiger partial charge in [0.2, 0.25) is 0 Å². The van der Waals surface area contributed by atoms with Crippen molar-refractivity contribution in [3.63, 3.8) is 0 Å². The zero-order chi connectivity index (χ0) is 11.5. The van der Waals surface area contributed by atoms with Crippen molar-refractivity contribution in [1.82, 2.24) is 24.7 Å². The van der Waals surface area contributed by atoms with E-state index in [1.807, 2.05) is 13.1 Å². The second-order valence-electron chi connectivity index (χ2n) is 3.71. The van der Waals surface area contributed by atoms with Gasteiger partial charge in [-0.05, 0) is 0 Å². The first-order chi connectivity index (χ1) is 7.70. The number of nitrogens with zero attached hydrogens (tertiary/aromatic N) is 5. The van der Waals surface area contributed by atoms with Gasteiger partial charge in [-0.1, -0.05) is 13.8 Å². The topological polar surface area (TPSA) is 68.5 Å². The fourth-order valence-electron chi connectivity index (χ4n) is 1.28. The van der Waals surface area contributed by atoms with Crippen molar-refractivity contribution < 1.29 is 0 Å². The number of anilines is 1. The fourth-order valence-corrected chi connectivity index (χ4v) is 1.28. The van der Waals surface area contributed by atoms with Crippen molar-refractivity contribution in [3.8, 4) is 5.82 Å². The average molecular weight is 218 g/mol. The van der Waals surface area contributed by atoms with E-state index in [0.717, 1.165) is 17.5 Å². The standard InChI is InChI=1S/C10H14N6/c1-7(2)10-14-8(11-3)4-9(15-10)16-6-12-5-13-16/h4-7H,1-3H3,(H,11,14,15). The van der Waals surface area contributed by atoms with E-state index in [0.29, 0.717) is 0 Å². The Bertz CT molecular complexity index is 462. The van der Waals surface area contributed by atoms with Gasteiger partial charge in [0.05, 0.1) is 0 Å². The molecule has 0 aliphatic carbocycles. The molecule has 0 aliphatic rings. The summed E-state index contributed by atoms with van der Waals surface area (Å²) in [6.45, 7) is 4.11. The lowest BCUT2D eigenvalue weighted by Gasteiger charge is -2.09. The van der Waals surface area contributed by atoms with Gasteiger partial charge in [-0.2, -0.15) is 5.10 Å². The summed E-state index contributed by atoms with van der Waals surface area (Å²) in [5, 5.41) is 7.06. The minimum Gasteiger partial charge on any atom is -0.373 e. The van der Waals surface area contributed by atoms with Crippen LogP contribution in [0.2, 0.25) is 0 Å². The van der Waals surface area contributed by atoms with Gasteiger partial charge in [-0.3, -0.25) is 0 Å². The van der Waals surface area contributed by atoms with Crippen LogP contribution >= 0.6 is 0 Å². The lowest BCUT2D eigenvalue weighted by molar-refractivity contribution is 0.747. The van der Waals surface area contributed by atoms with Crippen molar-refractivity contribution in [3.05, 3.63) is 24.5 Å². The summed E-state index contributed by atoms with van der Waals surface area (Å²) >= 11 is 0. The molecule has 2 aromatic heterocycles. The van der Waals surface area contributed by atoms with Crippen LogP contribution in [-0.2, 0) is 0 Å². The third-order valence-corrected chi connectivity index (χ3v) is 2.16. The Morgan fingerprint density at radius 3 is 2.69 bits per heavy atom. The van der Waals surface area contributed by atoms with Crippen LogP contribution in [0.5, 0.6) is 0 Å². The van der Waals surface area contributed by atoms with Crippen LogP contribution in [0.1, 0.15) is 25.6 Å². The molecule has 0 radical (unpaired) electrons. The van der Waals surface area contributed by atoms with Crippen LogP contribution < -0.4 is 5.32 Å². The molecular weight excluding hydrogens is 204 g/mol. The van der Waals surface area contributed by atoms with Crippen molar-refractivity contribution in [2.75, 3.05) is 12.4 Å². The van der Waals surface area contributed by atoms with Gasteiger partial charge in [0.15, 0.2) is 5.82 Å². The van der Waals surface area contributed by atoms with E-state index in [1.54, 1.807) is 11.0 Å². The number of hydrogen-bond donors (Lipinski definition) is 1. The highest BCUT2D eigenvalue weighted by atomic mass is 15.3. The Balaban J connectivity index is 2.49. The average Bonchev–Trinajstić information content (AvgIpc) is 2.81. The minimum atomic E-state index is 0.274. The Morgan fingerprint density at radius 2 is 2.12 bits per heavy atom. The third kappa shape index (κ3) is 2.00. The SMILES string of the molecule is CNc1cc(-n2cncn2)nc(C(C)C)n1. The molecule has 0 aliphatic heterocycles. The first kappa shape index (κ1) is 10.5. The van der Waals surface area contributed by atoms with Gasteiger partial charge >= 0.3 is 0 Å². The maximum atomic E-state index is 4.43. The molecule has 0 spiro atoms. The molecule has 0 bridgehead atoms. The number of aromatic nitrogens is 5. The predicted molar refractivity (Wildman–Crippen MR) is 60.6 cm³/mol. The van der Waals surface area contributed by atoms with Crippen molar-refractivity contribution in [2.45, 2.75) is 19.8 Å². The van der Waals surface area contributed by atoms with E-state index >= 15 is 0 Å². The molecule has 0 aromatic carbocycles. The Kier molecular flexibility index (Phi) is 2.80. The van der Waals surface area contributed by atoms with Crippen LogP contribution in [0.4, 0.5) is 5.82 Å². The lowest BCUT2D eigenvalue weighted by Crippen LogP contribution is -2.07. The second kappa shape index (κ2) is 4.26. The number of nitrogens with one attached hydrogen (secondary N) is 1. The normalized spacial score (nSPS) is 10.8. The molecule has 16 heavy (non-hydrogen) atoms.